The van der Waals surface area contributed by atoms with E-state index in [4.69, 9.17) is 21.1 Å². The summed E-state index contributed by atoms with van der Waals surface area (Å²) in [6, 6.07) is 7.49. The van der Waals surface area contributed by atoms with E-state index < -0.39 is 26.7 Å². The molecule has 1 aromatic carbocycles. The molecule has 1 aromatic heterocycles. The van der Waals surface area contributed by atoms with Crippen molar-refractivity contribution in [1.82, 2.24) is 10.1 Å². The number of Topliss-reactive ketones (excluding diaryl/α,β-unsaturated/α-hetero) is 1. The van der Waals surface area contributed by atoms with Crippen molar-refractivity contribution in [3.8, 4) is 5.88 Å². The lowest BCUT2D eigenvalue weighted by molar-refractivity contribution is -1.06. The van der Waals surface area contributed by atoms with Gasteiger partial charge in [0.1, 0.15) is 5.78 Å². The number of ketones is 1. The van der Waals surface area contributed by atoms with E-state index in [-0.39, 0.29) is 64.6 Å². The SMILES string of the molecule is C=C[C@]1(C)CC[C@@H](C(=C)CN2CCC(COC(=O)CCC(=O)CCCOc3no[n+](O)c3S(=O)(=O)c3ccccc3)CC2)C[C@H]1C(C)(C)CCl. The highest BCUT2D eigenvalue weighted by Gasteiger charge is 2.46. The normalized spacial score (nSPS) is 22.2. The Labute approximate surface area is 301 Å². The summed E-state index contributed by atoms with van der Waals surface area (Å²) >= 11 is 6.41. The summed E-state index contributed by atoms with van der Waals surface area (Å²) in [4.78, 5) is 27.2. The number of rotatable bonds is 18. The third-order valence-electron chi connectivity index (χ3n) is 10.6. The fourth-order valence-electron chi connectivity index (χ4n) is 7.32. The maximum atomic E-state index is 12.9. The first-order chi connectivity index (χ1) is 23.7. The van der Waals surface area contributed by atoms with E-state index in [2.05, 4.69) is 54.7 Å². The second-order valence-corrected chi connectivity index (χ2v) is 16.9. The Morgan fingerprint density at radius 2 is 1.88 bits per heavy atom. The van der Waals surface area contributed by atoms with Gasteiger partial charge in [0.25, 0.3) is 9.84 Å². The summed E-state index contributed by atoms with van der Waals surface area (Å²) in [6.45, 7) is 18.6. The summed E-state index contributed by atoms with van der Waals surface area (Å²) in [7, 11) is -4.16. The molecule has 0 unspecified atom stereocenters. The minimum atomic E-state index is -4.16. The second-order valence-electron chi connectivity index (χ2n) is 14.8. The fourth-order valence-corrected chi connectivity index (χ4v) is 8.81. The van der Waals surface area contributed by atoms with E-state index in [1.807, 2.05) is 0 Å². The number of nitrogens with zero attached hydrogens (tertiary/aromatic N) is 3. The maximum Gasteiger partial charge on any atom is 0.445 e. The van der Waals surface area contributed by atoms with E-state index in [1.54, 1.807) is 18.2 Å². The molecule has 50 heavy (non-hydrogen) atoms. The molecule has 11 nitrogen and oxygen atoms in total. The van der Waals surface area contributed by atoms with Crippen molar-refractivity contribution >= 4 is 33.2 Å². The molecule has 2 fully saturated rings. The lowest BCUT2D eigenvalue weighted by Gasteiger charge is -2.50. The van der Waals surface area contributed by atoms with Crippen molar-refractivity contribution in [1.29, 1.82) is 0 Å². The van der Waals surface area contributed by atoms with E-state index in [0.29, 0.717) is 24.3 Å². The number of likely N-dealkylation sites (tertiary alicyclic amines) is 1. The van der Waals surface area contributed by atoms with E-state index in [0.717, 1.165) is 51.7 Å². The first-order valence-corrected chi connectivity index (χ1v) is 19.5. The molecule has 276 valence electrons. The summed E-state index contributed by atoms with van der Waals surface area (Å²) in [5.74, 6) is 0.891. The molecule has 1 N–H and O–H groups in total. The number of hydrogen-bond acceptors (Lipinski definition) is 10. The van der Waals surface area contributed by atoms with Crippen LogP contribution >= 0.6 is 11.6 Å². The van der Waals surface area contributed by atoms with Gasteiger partial charge in [-0.3, -0.25) is 14.5 Å². The maximum absolute atomic E-state index is 12.9. The van der Waals surface area contributed by atoms with Crippen molar-refractivity contribution in [3.63, 3.8) is 0 Å². The van der Waals surface area contributed by atoms with Crippen LogP contribution in [0.1, 0.15) is 78.6 Å². The Bertz CT molecular complexity index is 1590. The van der Waals surface area contributed by atoms with Crippen LogP contribution < -0.4 is 9.64 Å². The van der Waals surface area contributed by atoms with Crippen molar-refractivity contribution < 1.29 is 42.2 Å². The number of hydrogen-bond donors (Lipinski definition) is 1. The Kier molecular flexibility index (Phi) is 13.7. The average Bonchev–Trinajstić information content (AvgIpc) is 3.49. The van der Waals surface area contributed by atoms with Gasteiger partial charge in [0.15, 0.2) is 4.90 Å². The van der Waals surface area contributed by atoms with Crippen LogP contribution in [0.2, 0.25) is 0 Å². The third-order valence-corrected chi connectivity index (χ3v) is 13.0. The second kappa shape index (κ2) is 17.3. The van der Waals surface area contributed by atoms with Crippen molar-refractivity contribution in [2.24, 2.45) is 28.6 Å². The number of halogens is 1. The summed E-state index contributed by atoms with van der Waals surface area (Å²) in [6.07, 6.45) is 7.73. The molecular formula is C37H53ClN3O8S+. The predicted molar refractivity (Wildman–Crippen MR) is 188 cm³/mol. The lowest BCUT2D eigenvalue weighted by Crippen LogP contribution is -2.44. The summed E-state index contributed by atoms with van der Waals surface area (Å²) in [5.41, 5.74) is 1.40. The Morgan fingerprint density at radius 1 is 1.18 bits per heavy atom. The molecule has 1 aliphatic carbocycles. The summed E-state index contributed by atoms with van der Waals surface area (Å²) in [5, 5.41) is 12.7. The molecule has 2 aliphatic rings. The fraction of sp³-hybridized carbons (Fsp3) is 0.622. The van der Waals surface area contributed by atoms with Crippen LogP contribution in [0.25, 0.3) is 0 Å². The zero-order valence-electron chi connectivity index (χ0n) is 29.6. The van der Waals surface area contributed by atoms with Crippen molar-refractivity contribution in [2.75, 3.05) is 38.7 Å². The van der Waals surface area contributed by atoms with Crippen LogP contribution in [0, 0.1) is 28.6 Å². The predicted octanol–water partition coefficient (Wildman–Crippen LogP) is 6.23. The molecule has 1 saturated heterocycles. The minimum Gasteiger partial charge on any atom is -0.465 e. The largest absolute Gasteiger partial charge is 0.465 e. The van der Waals surface area contributed by atoms with Crippen LogP contribution in [0.3, 0.4) is 0 Å². The number of aromatic nitrogens is 2. The highest BCUT2D eigenvalue weighted by Crippen LogP contribution is 2.53. The number of esters is 1. The van der Waals surface area contributed by atoms with E-state index in [1.165, 1.54) is 17.7 Å². The molecule has 1 saturated carbocycles. The van der Waals surface area contributed by atoms with Crippen LogP contribution in [0.5, 0.6) is 5.88 Å². The molecule has 2 aromatic rings. The highest BCUT2D eigenvalue weighted by molar-refractivity contribution is 7.91. The number of carbonyl (C=O) groups is 2. The molecule has 0 spiro atoms. The van der Waals surface area contributed by atoms with Gasteiger partial charge in [-0.1, -0.05) is 57.2 Å². The number of piperidine rings is 1. The van der Waals surface area contributed by atoms with Crippen LogP contribution in [0.4, 0.5) is 0 Å². The number of carbonyl (C=O) groups excluding carboxylic acids is 2. The standard InChI is InChI=1S/C37H53ClN3O8S/c1-6-37(5)19-16-29(23-32(37)36(3,4)26-38)27(2)24-40-20-17-28(18-21-40)25-48-33(43)15-14-30(42)11-10-22-47-34-35(41(44)49-39-34)50(45,46)31-12-8-7-9-13-31/h6-9,12-13,28-29,32,44H,1-2,10-11,14-26H2,3-5H3/q+1/t29-,32+,37-/m1/s1. The van der Waals surface area contributed by atoms with Gasteiger partial charge in [0.05, 0.1) is 24.5 Å². The van der Waals surface area contributed by atoms with Crippen molar-refractivity contribution in [2.45, 2.75) is 88.5 Å². The first kappa shape index (κ1) is 39.6. The molecule has 0 radical (unpaired) electrons. The quantitative estimate of drug-likeness (QED) is 0.0617. The number of benzene rings is 1. The Hall–Kier alpha value is -3.22. The molecule has 0 bridgehead atoms. The zero-order valence-corrected chi connectivity index (χ0v) is 31.2. The van der Waals surface area contributed by atoms with Crippen LogP contribution in [-0.4, -0.2) is 74.2 Å². The topological polar surface area (TPSA) is 140 Å². The van der Waals surface area contributed by atoms with E-state index >= 15 is 0 Å². The van der Waals surface area contributed by atoms with Crippen LogP contribution in [-0.2, 0) is 24.2 Å². The minimum absolute atomic E-state index is 0.000564. The number of sulfone groups is 1. The van der Waals surface area contributed by atoms with Gasteiger partial charge < -0.3 is 14.7 Å². The van der Waals surface area contributed by atoms with Gasteiger partial charge >= 0.3 is 16.9 Å². The molecule has 4 rings (SSSR count). The molecular weight excluding hydrogens is 682 g/mol. The van der Waals surface area contributed by atoms with Gasteiger partial charge in [0, 0.05) is 25.3 Å². The van der Waals surface area contributed by atoms with Gasteiger partial charge in [-0.15, -0.1) is 18.2 Å². The number of allylic oxidation sites excluding steroid dienone is 1. The molecule has 0 amide bonds. The number of ether oxygens (including phenoxy) is 2. The lowest BCUT2D eigenvalue weighted by atomic mass is 9.55. The van der Waals surface area contributed by atoms with Gasteiger partial charge in [-0.25, -0.2) is 8.42 Å². The van der Waals surface area contributed by atoms with Gasteiger partial charge in [-0.05, 0) is 97.0 Å². The molecule has 13 heteroatoms. The van der Waals surface area contributed by atoms with Crippen molar-refractivity contribution in [3.05, 3.63) is 55.1 Å². The zero-order chi connectivity index (χ0) is 36.5. The average molecular weight is 735 g/mol. The Morgan fingerprint density at radius 3 is 2.54 bits per heavy atom. The molecule has 2 heterocycles. The number of alkyl halides is 1. The summed E-state index contributed by atoms with van der Waals surface area (Å²) < 4.78 is 41.3. The highest BCUT2D eigenvalue weighted by atomic mass is 35.5. The molecule has 1 aliphatic heterocycles. The monoisotopic (exact) mass is 734 g/mol. The smallest absolute Gasteiger partial charge is 0.445 e. The Balaban J connectivity index is 1.10. The van der Waals surface area contributed by atoms with Crippen LogP contribution in [0.15, 0.2) is 69.7 Å². The van der Waals surface area contributed by atoms with Gasteiger partial charge in [0.2, 0.25) is 5.16 Å². The first-order valence-electron chi connectivity index (χ1n) is 17.5. The molecule has 3 atom stereocenters. The van der Waals surface area contributed by atoms with Gasteiger partial charge in [-0.2, -0.15) is 0 Å². The third kappa shape index (κ3) is 9.97. The van der Waals surface area contributed by atoms with E-state index in [9.17, 15) is 23.2 Å².